The number of nitrogens with zero attached hydrogens (tertiary/aromatic N) is 2. The lowest BCUT2D eigenvalue weighted by atomic mass is 10.2. The lowest BCUT2D eigenvalue weighted by Gasteiger charge is -2.05. The summed E-state index contributed by atoms with van der Waals surface area (Å²) in [7, 11) is 0. The van der Waals surface area contributed by atoms with Gasteiger partial charge >= 0.3 is 5.97 Å². The molecule has 0 fully saturated rings. The molecule has 0 aliphatic heterocycles. The molecule has 14 heavy (non-hydrogen) atoms. The Labute approximate surface area is 94.8 Å². The average Bonchev–Trinajstić information content (AvgIpc) is 2.17. The van der Waals surface area contributed by atoms with Crippen molar-refractivity contribution in [3.05, 3.63) is 22.7 Å². The Hall–Kier alpha value is -0.680. The van der Waals surface area contributed by atoms with Crippen molar-refractivity contribution in [1.82, 2.24) is 9.97 Å². The molecule has 0 atom stereocenters. The number of alkyl halides is 1. The molecule has 0 aromatic carbocycles. The van der Waals surface area contributed by atoms with Gasteiger partial charge in [0.05, 0.1) is 6.61 Å². The predicted molar refractivity (Wildman–Crippen MR) is 55.6 cm³/mol. The first-order chi connectivity index (χ1) is 6.70. The highest BCUT2D eigenvalue weighted by Gasteiger charge is 2.16. The van der Waals surface area contributed by atoms with Crippen LogP contribution in [-0.2, 0) is 10.1 Å². The van der Waals surface area contributed by atoms with Crippen LogP contribution in [0.15, 0.2) is 6.33 Å². The van der Waals surface area contributed by atoms with Gasteiger partial charge in [0.1, 0.15) is 11.5 Å². The van der Waals surface area contributed by atoms with E-state index < -0.39 is 5.97 Å². The number of halogens is 2. The summed E-state index contributed by atoms with van der Waals surface area (Å²) in [6.45, 7) is 2.04. The monoisotopic (exact) mass is 278 g/mol. The molecule has 0 aliphatic rings. The van der Waals surface area contributed by atoms with E-state index in [9.17, 15) is 4.79 Å². The number of carbonyl (C=O) groups is 1. The van der Waals surface area contributed by atoms with Crippen LogP contribution in [0.2, 0.25) is 5.15 Å². The third kappa shape index (κ3) is 2.42. The molecule has 1 aromatic heterocycles. The summed E-state index contributed by atoms with van der Waals surface area (Å²) in [5.74, 6) is -0.480. The van der Waals surface area contributed by atoms with E-state index in [-0.39, 0.29) is 10.8 Å². The van der Waals surface area contributed by atoms with Crippen LogP contribution in [0.25, 0.3) is 0 Å². The first-order valence-corrected chi connectivity index (χ1v) is 5.43. The maximum absolute atomic E-state index is 11.4. The van der Waals surface area contributed by atoms with Gasteiger partial charge in [0, 0.05) is 10.9 Å². The summed E-state index contributed by atoms with van der Waals surface area (Å²) in [4.78, 5) is 19.0. The Morgan fingerprint density at radius 2 is 2.36 bits per heavy atom. The molecule has 1 rings (SSSR count). The lowest BCUT2D eigenvalue weighted by Crippen LogP contribution is -2.11. The summed E-state index contributed by atoms with van der Waals surface area (Å²) >= 11 is 8.99. The van der Waals surface area contributed by atoms with Crippen molar-refractivity contribution < 1.29 is 9.53 Å². The summed E-state index contributed by atoms with van der Waals surface area (Å²) in [6, 6.07) is 0. The quantitative estimate of drug-likeness (QED) is 0.483. The smallest absolute Gasteiger partial charge is 0.357 e. The van der Waals surface area contributed by atoms with Crippen LogP contribution < -0.4 is 0 Å². The van der Waals surface area contributed by atoms with Crippen LogP contribution in [-0.4, -0.2) is 22.5 Å². The van der Waals surface area contributed by atoms with Crippen LogP contribution in [0.3, 0.4) is 0 Å². The summed E-state index contributed by atoms with van der Waals surface area (Å²) in [5.41, 5.74) is 0.761. The molecule has 0 amide bonds. The minimum Gasteiger partial charge on any atom is -0.461 e. The van der Waals surface area contributed by atoms with Crippen LogP contribution in [0, 0.1) is 0 Å². The molecule has 6 heteroatoms. The molecule has 0 radical (unpaired) electrons. The zero-order chi connectivity index (χ0) is 10.6. The van der Waals surface area contributed by atoms with Crippen molar-refractivity contribution in [1.29, 1.82) is 0 Å². The molecule has 0 N–H and O–H groups in total. The standard InChI is InChI=1S/C8H8BrClN2O2/c1-2-14-8(13)6-5(3-9)7(10)12-4-11-6/h4H,2-3H2,1H3. The van der Waals surface area contributed by atoms with Crippen molar-refractivity contribution in [3.8, 4) is 0 Å². The highest BCUT2D eigenvalue weighted by atomic mass is 79.9. The van der Waals surface area contributed by atoms with E-state index >= 15 is 0 Å². The molecule has 0 unspecified atom stereocenters. The van der Waals surface area contributed by atoms with Crippen molar-refractivity contribution >= 4 is 33.5 Å². The highest BCUT2D eigenvalue weighted by Crippen LogP contribution is 2.19. The van der Waals surface area contributed by atoms with E-state index in [1.165, 1.54) is 6.33 Å². The van der Waals surface area contributed by atoms with Gasteiger partial charge in [-0.05, 0) is 6.92 Å². The maximum atomic E-state index is 11.4. The Kier molecular flexibility index (Phi) is 4.28. The first-order valence-electron chi connectivity index (χ1n) is 3.93. The van der Waals surface area contributed by atoms with Gasteiger partial charge in [0.15, 0.2) is 5.69 Å². The van der Waals surface area contributed by atoms with Crippen molar-refractivity contribution in [2.45, 2.75) is 12.3 Å². The topological polar surface area (TPSA) is 52.1 Å². The fourth-order valence-corrected chi connectivity index (χ4v) is 1.78. The van der Waals surface area contributed by atoms with E-state index in [1.807, 2.05) is 0 Å². The van der Waals surface area contributed by atoms with Crippen LogP contribution in [0.4, 0.5) is 0 Å². The summed E-state index contributed by atoms with van der Waals surface area (Å²) in [5, 5.41) is 0.681. The summed E-state index contributed by atoms with van der Waals surface area (Å²) in [6.07, 6.45) is 1.24. The van der Waals surface area contributed by atoms with Gasteiger partial charge in [-0.2, -0.15) is 0 Å². The van der Waals surface area contributed by atoms with E-state index in [1.54, 1.807) is 6.92 Å². The van der Waals surface area contributed by atoms with Gasteiger partial charge < -0.3 is 4.74 Å². The van der Waals surface area contributed by atoms with E-state index in [0.29, 0.717) is 17.5 Å². The molecule has 0 bridgehead atoms. The zero-order valence-corrected chi connectivity index (χ0v) is 9.80. The molecule has 76 valence electrons. The van der Waals surface area contributed by atoms with Crippen molar-refractivity contribution in [3.63, 3.8) is 0 Å². The van der Waals surface area contributed by atoms with Crippen LogP contribution in [0.5, 0.6) is 0 Å². The predicted octanol–water partition coefficient (Wildman–Crippen LogP) is 2.20. The SMILES string of the molecule is CCOC(=O)c1ncnc(Cl)c1CBr. The van der Waals surface area contributed by atoms with E-state index in [0.717, 1.165) is 0 Å². The molecular formula is C8H8BrClN2O2. The van der Waals surface area contributed by atoms with Gasteiger partial charge in [-0.1, -0.05) is 27.5 Å². The third-order valence-electron chi connectivity index (χ3n) is 1.50. The molecule has 4 nitrogen and oxygen atoms in total. The number of carbonyl (C=O) groups excluding carboxylic acids is 1. The van der Waals surface area contributed by atoms with Gasteiger partial charge in [-0.3, -0.25) is 0 Å². The Morgan fingerprint density at radius 1 is 1.64 bits per heavy atom. The Balaban J connectivity index is 3.07. The molecular weight excluding hydrogens is 271 g/mol. The lowest BCUT2D eigenvalue weighted by molar-refractivity contribution is 0.0518. The average molecular weight is 280 g/mol. The third-order valence-corrected chi connectivity index (χ3v) is 2.38. The number of ether oxygens (including phenoxy) is 1. The largest absolute Gasteiger partial charge is 0.461 e. The van der Waals surface area contributed by atoms with Gasteiger partial charge in [0.25, 0.3) is 0 Å². The fraction of sp³-hybridized carbons (Fsp3) is 0.375. The highest BCUT2D eigenvalue weighted by molar-refractivity contribution is 9.08. The minimum absolute atomic E-state index is 0.212. The molecule has 0 saturated carbocycles. The maximum Gasteiger partial charge on any atom is 0.357 e. The van der Waals surface area contributed by atoms with Gasteiger partial charge in [-0.25, -0.2) is 14.8 Å². The number of hydrogen-bond donors (Lipinski definition) is 0. The van der Waals surface area contributed by atoms with E-state index in [2.05, 4.69) is 25.9 Å². The number of rotatable bonds is 3. The van der Waals surface area contributed by atoms with Gasteiger partial charge in [0.2, 0.25) is 0 Å². The van der Waals surface area contributed by atoms with Crippen LogP contribution in [0.1, 0.15) is 23.0 Å². The second-order valence-electron chi connectivity index (χ2n) is 2.35. The molecule has 0 aliphatic carbocycles. The number of aromatic nitrogens is 2. The van der Waals surface area contributed by atoms with Crippen LogP contribution >= 0.6 is 27.5 Å². The van der Waals surface area contributed by atoms with E-state index in [4.69, 9.17) is 16.3 Å². The minimum atomic E-state index is -0.480. The summed E-state index contributed by atoms with van der Waals surface area (Å²) < 4.78 is 4.82. The second kappa shape index (κ2) is 5.26. The Bertz CT molecular complexity index is 346. The molecule has 1 aromatic rings. The Morgan fingerprint density at radius 3 is 2.93 bits per heavy atom. The molecule has 1 heterocycles. The fourth-order valence-electron chi connectivity index (χ4n) is 0.885. The van der Waals surface area contributed by atoms with Crippen molar-refractivity contribution in [2.75, 3.05) is 6.61 Å². The van der Waals surface area contributed by atoms with Crippen molar-refractivity contribution in [2.24, 2.45) is 0 Å². The molecule has 0 spiro atoms. The van der Waals surface area contributed by atoms with Gasteiger partial charge in [-0.15, -0.1) is 0 Å². The number of esters is 1. The second-order valence-corrected chi connectivity index (χ2v) is 3.26. The molecule has 0 saturated heterocycles. The number of hydrogen-bond acceptors (Lipinski definition) is 4. The zero-order valence-electron chi connectivity index (χ0n) is 7.46. The normalized spacial score (nSPS) is 9.93. The first kappa shape index (κ1) is 11.4.